The van der Waals surface area contributed by atoms with Gasteiger partial charge in [-0.1, -0.05) is 13.3 Å². The van der Waals surface area contributed by atoms with Crippen LogP contribution in [0, 0.1) is 11.8 Å². The number of rotatable bonds is 6. The van der Waals surface area contributed by atoms with Crippen molar-refractivity contribution in [2.24, 2.45) is 11.8 Å². The fourth-order valence-electron chi connectivity index (χ4n) is 1.74. The number of Topliss-reactive ketones (excluding diaryl/α,β-unsaturated/α-hetero) is 1. The number of carbonyl (C=O) groups is 1. The van der Waals surface area contributed by atoms with E-state index in [1.165, 1.54) is 20.6 Å². The number of hydrogen-bond acceptors (Lipinski definition) is 4. The number of ketones is 1. The normalized spacial score (nSPS) is 19.7. The minimum absolute atomic E-state index is 0.00765. The molecule has 0 bridgehead atoms. The summed E-state index contributed by atoms with van der Waals surface area (Å²) in [5.74, 6) is 0.448. The smallest absolute Gasteiger partial charge is 0.312 e. The Morgan fingerprint density at radius 3 is 2.27 bits per heavy atom. The molecule has 15 heavy (non-hydrogen) atoms. The first-order valence-electron chi connectivity index (χ1n) is 5.25. The third kappa shape index (κ3) is 3.13. The average molecular weight is 234 g/mol. The van der Waals surface area contributed by atoms with Gasteiger partial charge in [-0.2, -0.15) is 0 Å². The summed E-state index contributed by atoms with van der Waals surface area (Å²) in [7, 11) is -0.545. The van der Waals surface area contributed by atoms with Gasteiger partial charge in [-0.15, -0.1) is 0 Å². The molecule has 0 aromatic heterocycles. The predicted molar refractivity (Wildman–Crippen MR) is 58.0 cm³/mol. The maximum atomic E-state index is 11.8. The van der Waals surface area contributed by atoms with E-state index in [4.69, 9.17) is 9.05 Å². The molecule has 1 fully saturated rings. The molecule has 1 aliphatic rings. The molecule has 0 saturated heterocycles. The van der Waals surface area contributed by atoms with Crippen LogP contribution in [0.2, 0.25) is 0 Å². The van der Waals surface area contributed by atoms with Gasteiger partial charge in [0.25, 0.3) is 0 Å². The first-order chi connectivity index (χ1) is 7.02. The summed E-state index contributed by atoms with van der Waals surface area (Å²) < 4.78 is 21.2. The quantitative estimate of drug-likeness (QED) is 0.662. The van der Waals surface area contributed by atoms with Gasteiger partial charge in [0.2, 0.25) is 0 Å². The average Bonchev–Trinajstić information content (AvgIpc) is 2.14. The maximum Gasteiger partial charge on any atom is 0.337 e. The van der Waals surface area contributed by atoms with E-state index in [0.29, 0.717) is 5.92 Å². The van der Waals surface area contributed by atoms with E-state index in [1.54, 1.807) is 0 Å². The second-order valence-corrected chi connectivity index (χ2v) is 6.35. The van der Waals surface area contributed by atoms with Crippen molar-refractivity contribution in [2.75, 3.05) is 20.4 Å². The van der Waals surface area contributed by atoms with Crippen LogP contribution in [-0.2, 0) is 18.4 Å². The third-order valence-electron chi connectivity index (χ3n) is 3.27. The van der Waals surface area contributed by atoms with Crippen molar-refractivity contribution in [1.82, 2.24) is 0 Å². The van der Waals surface area contributed by atoms with E-state index in [0.717, 1.165) is 12.8 Å². The predicted octanol–water partition coefficient (Wildman–Crippen LogP) is 2.48. The van der Waals surface area contributed by atoms with Gasteiger partial charge >= 0.3 is 7.60 Å². The lowest BCUT2D eigenvalue weighted by Gasteiger charge is -2.30. The zero-order valence-electron chi connectivity index (χ0n) is 9.56. The Labute approximate surface area is 90.9 Å². The highest BCUT2D eigenvalue weighted by molar-refractivity contribution is 7.54. The molecule has 5 heteroatoms. The van der Waals surface area contributed by atoms with Crippen LogP contribution in [0.4, 0.5) is 0 Å². The van der Waals surface area contributed by atoms with Gasteiger partial charge in [-0.3, -0.25) is 9.36 Å². The molecule has 1 atom stereocenters. The highest BCUT2D eigenvalue weighted by Crippen LogP contribution is 2.47. The summed E-state index contributed by atoms with van der Waals surface area (Å²) in [5, 5.41) is 0. The van der Waals surface area contributed by atoms with Gasteiger partial charge in [0, 0.05) is 20.1 Å². The number of carbonyl (C=O) groups excluding carboxylic acids is 1. The van der Waals surface area contributed by atoms with Crippen molar-refractivity contribution < 1.29 is 18.4 Å². The summed E-state index contributed by atoms with van der Waals surface area (Å²) in [5.41, 5.74) is 0. The van der Waals surface area contributed by atoms with Crippen LogP contribution >= 0.6 is 7.60 Å². The molecule has 4 nitrogen and oxygen atoms in total. The molecule has 0 N–H and O–H groups in total. The number of hydrogen-bond donors (Lipinski definition) is 0. The molecule has 1 rings (SSSR count). The lowest BCUT2D eigenvalue weighted by atomic mass is 9.75. The van der Waals surface area contributed by atoms with Crippen LogP contribution in [-0.4, -0.2) is 26.2 Å². The minimum atomic E-state index is -3.17. The standard InChI is InChI=1S/C10H19O4P/c1-8(9-5-4-6-9)10(11)7-15(12,13-2)14-3/h8-9H,4-7H2,1-3H3. The van der Waals surface area contributed by atoms with Gasteiger partial charge in [0.05, 0.1) is 0 Å². The largest absolute Gasteiger partial charge is 0.337 e. The Morgan fingerprint density at radius 1 is 1.40 bits per heavy atom. The van der Waals surface area contributed by atoms with E-state index in [2.05, 4.69) is 0 Å². The van der Waals surface area contributed by atoms with E-state index >= 15 is 0 Å². The van der Waals surface area contributed by atoms with Crippen LogP contribution in [0.3, 0.4) is 0 Å². The van der Waals surface area contributed by atoms with Gasteiger partial charge < -0.3 is 9.05 Å². The summed E-state index contributed by atoms with van der Waals surface area (Å²) >= 11 is 0. The van der Waals surface area contributed by atoms with Crippen LogP contribution in [0.15, 0.2) is 0 Å². The Kier molecular flexibility index (Phi) is 4.50. The van der Waals surface area contributed by atoms with Crippen molar-refractivity contribution in [3.63, 3.8) is 0 Å². The molecule has 0 aromatic carbocycles. The summed E-state index contributed by atoms with van der Waals surface area (Å²) in [6, 6.07) is 0. The van der Waals surface area contributed by atoms with Gasteiger partial charge in [-0.25, -0.2) is 0 Å². The fourth-order valence-corrected chi connectivity index (χ4v) is 2.82. The first kappa shape index (κ1) is 12.9. The lowest BCUT2D eigenvalue weighted by Crippen LogP contribution is -2.28. The summed E-state index contributed by atoms with van der Waals surface area (Å²) in [6.45, 7) is 1.90. The molecule has 0 spiro atoms. The molecule has 1 aliphatic carbocycles. The zero-order valence-corrected chi connectivity index (χ0v) is 10.5. The Balaban J connectivity index is 2.49. The molecule has 88 valence electrons. The van der Waals surface area contributed by atoms with E-state index < -0.39 is 7.60 Å². The van der Waals surface area contributed by atoms with E-state index in [-0.39, 0.29) is 17.9 Å². The highest BCUT2D eigenvalue weighted by Gasteiger charge is 2.33. The minimum Gasteiger partial charge on any atom is -0.312 e. The van der Waals surface area contributed by atoms with Crippen LogP contribution in [0.5, 0.6) is 0 Å². The molecular weight excluding hydrogens is 215 g/mol. The molecule has 0 amide bonds. The van der Waals surface area contributed by atoms with Crippen molar-refractivity contribution >= 4 is 13.4 Å². The van der Waals surface area contributed by atoms with Gasteiger partial charge in [0.1, 0.15) is 11.9 Å². The molecule has 0 aliphatic heterocycles. The third-order valence-corrected chi connectivity index (χ3v) is 5.08. The topological polar surface area (TPSA) is 52.6 Å². The molecule has 1 unspecified atom stereocenters. The second kappa shape index (κ2) is 5.24. The molecule has 1 saturated carbocycles. The zero-order chi connectivity index (χ0) is 11.5. The summed E-state index contributed by atoms with van der Waals surface area (Å²) in [6.07, 6.45) is 3.32. The molecule has 0 heterocycles. The van der Waals surface area contributed by atoms with Crippen molar-refractivity contribution in [3.05, 3.63) is 0 Å². The molecular formula is C10H19O4P. The summed E-state index contributed by atoms with van der Waals surface area (Å²) in [4.78, 5) is 11.8. The fraction of sp³-hybridized carbons (Fsp3) is 0.900. The highest BCUT2D eigenvalue weighted by atomic mass is 31.2. The monoisotopic (exact) mass is 234 g/mol. The SMILES string of the molecule is COP(=O)(CC(=O)C(C)C1CCC1)OC. The van der Waals surface area contributed by atoms with Crippen molar-refractivity contribution in [1.29, 1.82) is 0 Å². The molecule has 0 radical (unpaired) electrons. The lowest BCUT2D eigenvalue weighted by molar-refractivity contribution is -0.122. The van der Waals surface area contributed by atoms with Gasteiger partial charge in [0.15, 0.2) is 0 Å². The Morgan fingerprint density at radius 2 is 1.93 bits per heavy atom. The van der Waals surface area contributed by atoms with Crippen molar-refractivity contribution in [3.8, 4) is 0 Å². The van der Waals surface area contributed by atoms with Crippen LogP contribution in [0.1, 0.15) is 26.2 Å². The second-order valence-electron chi connectivity index (χ2n) is 4.08. The van der Waals surface area contributed by atoms with Crippen molar-refractivity contribution in [2.45, 2.75) is 26.2 Å². The molecule has 0 aromatic rings. The first-order valence-corrected chi connectivity index (χ1v) is 6.98. The maximum absolute atomic E-state index is 11.8. The van der Waals surface area contributed by atoms with E-state index in [1.807, 2.05) is 6.92 Å². The van der Waals surface area contributed by atoms with Crippen LogP contribution < -0.4 is 0 Å². The Hall–Kier alpha value is -0.180. The Bertz CT molecular complexity index is 265. The van der Waals surface area contributed by atoms with Gasteiger partial charge in [-0.05, 0) is 18.8 Å². The van der Waals surface area contributed by atoms with E-state index in [9.17, 15) is 9.36 Å². The van der Waals surface area contributed by atoms with Crippen LogP contribution in [0.25, 0.3) is 0 Å².